The summed E-state index contributed by atoms with van der Waals surface area (Å²) in [5.74, 6) is 0.153. The minimum Gasteiger partial charge on any atom is -0.339 e. The van der Waals surface area contributed by atoms with Crippen molar-refractivity contribution in [3.63, 3.8) is 0 Å². The smallest absolute Gasteiger partial charge is 0.253 e. The van der Waals surface area contributed by atoms with Crippen LogP contribution in [0.5, 0.6) is 0 Å². The van der Waals surface area contributed by atoms with Crippen molar-refractivity contribution in [3.05, 3.63) is 60.2 Å². The standard InChI is InChI=1S/C20H24N2O/c1-21(2)19-11-13-22(14-12-19)20(23)18-10-6-9-17(15-18)16-7-4-3-5-8-16/h3-10,15,19H,11-14H2,1-2H3. The Morgan fingerprint density at radius 3 is 2.26 bits per heavy atom. The number of rotatable bonds is 3. The van der Waals surface area contributed by atoms with Gasteiger partial charge < -0.3 is 9.80 Å². The molecule has 1 heterocycles. The first-order valence-electron chi connectivity index (χ1n) is 8.26. The zero-order chi connectivity index (χ0) is 16.2. The Labute approximate surface area is 138 Å². The molecule has 0 aromatic heterocycles. The highest BCUT2D eigenvalue weighted by Crippen LogP contribution is 2.22. The second-order valence-electron chi connectivity index (χ2n) is 6.43. The second kappa shape index (κ2) is 6.97. The van der Waals surface area contributed by atoms with Crippen LogP contribution < -0.4 is 0 Å². The fraction of sp³-hybridized carbons (Fsp3) is 0.350. The van der Waals surface area contributed by atoms with Crippen LogP contribution in [0, 0.1) is 0 Å². The molecule has 3 rings (SSSR count). The topological polar surface area (TPSA) is 23.6 Å². The van der Waals surface area contributed by atoms with Crippen LogP contribution in [-0.2, 0) is 0 Å². The molecule has 0 unspecified atom stereocenters. The van der Waals surface area contributed by atoms with Gasteiger partial charge in [-0.3, -0.25) is 4.79 Å². The van der Waals surface area contributed by atoms with Crippen molar-refractivity contribution in [2.24, 2.45) is 0 Å². The van der Waals surface area contributed by atoms with Crippen LogP contribution in [0.4, 0.5) is 0 Å². The number of nitrogens with zero attached hydrogens (tertiary/aromatic N) is 2. The third-order valence-corrected chi connectivity index (χ3v) is 4.70. The van der Waals surface area contributed by atoms with E-state index in [1.807, 2.05) is 41.3 Å². The third kappa shape index (κ3) is 3.62. The largest absolute Gasteiger partial charge is 0.339 e. The number of carbonyl (C=O) groups excluding carboxylic acids is 1. The molecule has 0 aliphatic carbocycles. The van der Waals surface area contributed by atoms with Gasteiger partial charge >= 0.3 is 0 Å². The van der Waals surface area contributed by atoms with E-state index in [2.05, 4.69) is 37.2 Å². The van der Waals surface area contributed by atoms with Crippen LogP contribution in [0.25, 0.3) is 11.1 Å². The van der Waals surface area contributed by atoms with Crippen molar-refractivity contribution < 1.29 is 4.79 Å². The first-order chi connectivity index (χ1) is 11.1. The second-order valence-corrected chi connectivity index (χ2v) is 6.43. The molecule has 1 amide bonds. The number of carbonyl (C=O) groups is 1. The van der Waals surface area contributed by atoms with Crippen LogP contribution in [0.2, 0.25) is 0 Å². The summed E-state index contributed by atoms with van der Waals surface area (Å²) in [7, 11) is 4.23. The fourth-order valence-corrected chi connectivity index (χ4v) is 3.23. The van der Waals surface area contributed by atoms with Crippen molar-refractivity contribution in [2.75, 3.05) is 27.2 Å². The van der Waals surface area contributed by atoms with E-state index in [1.54, 1.807) is 0 Å². The molecule has 0 bridgehead atoms. The Kier molecular flexibility index (Phi) is 4.77. The van der Waals surface area contributed by atoms with Crippen molar-refractivity contribution in [1.82, 2.24) is 9.80 Å². The molecule has 0 radical (unpaired) electrons. The van der Waals surface area contributed by atoms with E-state index in [1.165, 1.54) is 0 Å². The van der Waals surface area contributed by atoms with Gasteiger partial charge in [-0.1, -0.05) is 42.5 Å². The van der Waals surface area contributed by atoms with E-state index in [0.29, 0.717) is 6.04 Å². The minimum absolute atomic E-state index is 0.153. The van der Waals surface area contributed by atoms with E-state index in [-0.39, 0.29) is 5.91 Å². The third-order valence-electron chi connectivity index (χ3n) is 4.70. The minimum atomic E-state index is 0.153. The summed E-state index contributed by atoms with van der Waals surface area (Å²) in [5.41, 5.74) is 3.03. The molecular weight excluding hydrogens is 284 g/mol. The first-order valence-corrected chi connectivity index (χ1v) is 8.26. The summed E-state index contributed by atoms with van der Waals surface area (Å²) in [5, 5.41) is 0. The van der Waals surface area contributed by atoms with Crippen LogP contribution in [0.1, 0.15) is 23.2 Å². The molecule has 23 heavy (non-hydrogen) atoms. The van der Waals surface area contributed by atoms with Gasteiger partial charge in [0.15, 0.2) is 0 Å². The molecule has 1 saturated heterocycles. The van der Waals surface area contributed by atoms with Gasteiger partial charge in [-0.25, -0.2) is 0 Å². The van der Waals surface area contributed by atoms with Crippen LogP contribution >= 0.6 is 0 Å². The molecule has 3 heteroatoms. The normalized spacial score (nSPS) is 15.9. The number of amides is 1. The van der Waals surface area contributed by atoms with Gasteiger partial charge in [-0.05, 0) is 50.2 Å². The van der Waals surface area contributed by atoms with E-state index < -0.39 is 0 Å². The highest BCUT2D eigenvalue weighted by atomic mass is 16.2. The fourth-order valence-electron chi connectivity index (χ4n) is 3.23. The molecule has 120 valence electrons. The number of benzene rings is 2. The van der Waals surface area contributed by atoms with Crippen LogP contribution in [0.15, 0.2) is 54.6 Å². The number of hydrogen-bond acceptors (Lipinski definition) is 2. The lowest BCUT2D eigenvalue weighted by atomic mass is 10.0. The molecule has 0 N–H and O–H groups in total. The van der Waals surface area contributed by atoms with Gasteiger partial charge in [-0.2, -0.15) is 0 Å². The summed E-state index contributed by atoms with van der Waals surface area (Å²) in [6, 6.07) is 18.8. The maximum absolute atomic E-state index is 12.8. The molecule has 1 aliphatic heterocycles. The predicted octanol–water partition coefficient (Wildman–Crippen LogP) is 3.52. The Morgan fingerprint density at radius 2 is 1.61 bits per heavy atom. The number of piperidine rings is 1. The Balaban J connectivity index is 1.74. The SMILES string of the molecule is CN(C)C1CCN(C(=O)c2cccc(-c3ccccc3)c2)CC1. The van der Waals surface area contributed by atoms with E-state index in [9.17, 15) is 4.79 Å². The summed E-state index contributed by atoms with van der Waals surface area (Å²) >= 11 is 0. The molecule has 2 aromatic rings. The molecule has 3 nitrogen and oxygen atoms in total. The zero-order valence-electron chi connectivity index (χ0n) is 13.9. The predicted molar refractivity (Wildman–Crippen MR) is 94.5 cm³/mol. The molecule has 0 atom stereocenters. The highest BCUT2D eigenvalue weighted by Gasteiger charge is 2.24. The van der Waals surface area contributed by atoms with Gasteiger partial charge in [0, 0.05) is 24.7 Å². The molecule has 0 saturated carbocycles. The van der Waals surface area contributed by atoms with Gasteiger partial charge in [0.05, 0.1) is 0 Å². The van der Waals surface area contributed by atoms with E-state index in [4.69, 9.17) is 0 Å². The monoisotopic (exact) mass is 308 g/mol. The Hall–Kier alpha value is -2.13. The van der Waals surface area contributed by atoms with Crippen molar-refractivity contribution in [2.45, 2.75) is 18.9 Å². The summed E-state index contributed by atoms with van der Waals surface area (Å²) in [6.07, 6.45) is 2.11. The maximum atomic E-state index is 12.8. The summed E-state index contributed by atoms with van der Waals surface area (Å²) in [4.78, 5) is 17.0. The van der Waals surface area contributed by atoms with Crippen molar-refractivity contribution in [3.8, 4) is 11.1 Å². The number of likely N-dealkylation sites (tertiary alicyclic amines) is 1. The Morgan fingerprint density at radius 1 is 0.957 bits per heavy atom. The lowest BCUT2D eigenvalue weighted by Gasteiger charge is -2.35. The van der Waals surface area contributed by atoms with E-state index >= 15 is 0 Å². The Bertz CT molecular complexity index is 658. The van der Waals surface area contributed by atoms with Crippen LogP contribution in [-0.4, -0.2) is 48.9 Å². The first kappa shape index (κ1) is 15.8. The highest BCUT2D eigenvalue weighted by molar-refractivity contribution is 5.95. The number of hydrogen-bond donors (Lipinski definition) is 0. The van der Waals surface area contributed by atoms with Gasteiger partial charge in [0.2, 0.25) is 0 Å². The maximum Gasteiger partial charge on any atom is 0.253 e. The van der Waals surface area contributed by atoms with Crippen LogP contribution in [0.3, 0.4) is 0 Å². The zero-order valence-corrected chi connectivity index (χ0v) is 13.9. The van der Waals surface area contributed by atoms with Gasteiger partial charge in [0.1, 0.15) is 0 Å². The van der Waals surface area contributed by atoms with Gasteiger partial charge in [0.25, 0.3) is 5.91 Å². The van der Waals surface area contributed by atoms with E-state index in [0.717, 1.165) is 42.6 Å². The van der Waals surface area contributed by atoms with Crippen molar-refractivity contribution in [1.29, 1.82) is 0 Å². The summed E-state index contributed by atoms with van der Waals surface area (Å²) < 4.78 is 0. The lowest BCUT2D eigenvalue weighted by molar-refractivity contribution is 0.0663. The lowest BCUT2D eigenvalue weighted by Crippen LogP contribution is -2.44. The molecule has 1 aliphatic rings. The van der Waals surface area contributed by atoms with Gasteiger partial charge in [-0.15, -0.1) is 0 Å². The molecule has 0 spiro atoms. The average molecular weight is 308 g/mol. The van der Waals surface area contributed by atoms with Crippen molar-refractivity contribution >= 4 is 5.91 Å². The molecular formula is C20H24N2O. The molecule has 1 fully saturated rings. The quantitative estimate of drug-likeness (QED) is 0.866. The summed E-state index contributed by atoms with van der Waals surface area (Å²) in [6.45, 7) is 1.69. The average Bonchev–Trinajstić information content (AvgIpc) is 2.62. The molecule has 2 aromatic carbocycles.